The second-order valence-corrected chi connectivity index (χ2v) is 9.86. The number of H-pyrrole nitrogens is 1. The molecule has 1 N–H and O–H groups in total. The van der Waals surface area contributed by atoms with Crippen molar-refractivity contribution in [2.75, 3.05) is 0 Å². The topological polar surface area (TPSA) is 119 Å². The molecule has 1 unspecified atom stereocenters. The summed E-state index contributed by atoms with van der Waals surface area (Å²) in [6.45, 7) is 0. The molecule has 11 heteroatoms. The van der Waals surface area contributed by atoms with Gasteiger partial charge in [0.25, 0.3) is 5.22 Å². The van der Waals surface area contributed by atoms with Gasteiger partial charge < -0.3 is 18.2 Å². The molecular formula is C19H12N6O3S2. The zero-order chi connectivity index (χ0) is 20.0. The standard InChI is InChI=1S/C19H12N6O3S2/c1-2-20-7-12(1)30(19-23-3-5-27-19)16(13-9-26-11-24-13)15(14-8-21-10-28-14)25-18(30)17-22-4-6-29-17/h1-11,20H. The lowest BCUT2D eigenvalue weighted by Crippen LogP contribution is -2.14. The molecule has 5 aromatic rings. The highest BCUT2D eigenvalue weighted by molar-refractivity contribution is 8.52. The van der Waals surface area contributed by atoms with Crippen LogP contribution in [0.4, 0.5) is 0 Å². The smallest absolute Gasteiger partial charge is 0.251 e. The quantitative estimate of drug-likeness (QED) is 0.426. The summed E-state index contributed by atoms with van der Waals surface area (Å²) < 4.78 is 16.9. The molecule has 0 fully saturated rings. The van der Waals surface area contributed by atoms with E-state index in [0.717, 1.165) is 19.9 Å². The number of rotatable bonds is 5. The first-order valence-corrected chi connectivity index (χ1v) is 11.3. The van der Waals surface area contributed by atoms with E-state index in [1.54, 1.807) is 31.1 Å². The van der Waals surface area contributed by atoms with Gasteiger partial charge in [-0.2, -0.15) is 0 Å². The molecule has 148 valence electrons. The highest BCUT2D eigenvalue weighted by Crippen LogP contribution is 2.76. The van der Waals surface area contributed by atoms with Crippen molar-refractivity contribution in [3.8, 4) is 0 Å². The largest absolute Gasteiger partial charge is 0.451 e. The van der Waals surface area contributed by atoms with E-state index in [2.05, 4.69) is 24.9 Å². The maximum absolute atomic E-state index is 5.94. The number of nitrogens with one attached hydrogen (secondary N) is 1. The van der Waals surface area contributed by atoms with Crippen LogP contribution in [0, 0.1) is 0 Å². The van der Waals surface area contributed by atoms with Gasteiger partial charge in [0.2, 0.25) is 0 Å². The van der Waals surface area contributed by atoms with Crippen molar-refractivity contribution < 1.29 is 13.3 Å². The van der Waals surface area contributed by atoms with Gasteiger partial charge in [0.1, 0.15) is 34.0 Å². The average molecular weight is 436 g/mol. The molecule has 0 aliphatic carbocycles. The molecule has 1 atom stereocenters. The van der Waals surface area contributed by atoms with Crippen molar-refractivity contribution in [1.29, 1.82) is 0 Å². The molecular weight excluding hydrogens is 424 g/mol. The van der Waals surface area contributed by atoms with Crippen LogP contribution in [0.3, 0.4) is 0 Å². The Morgan fingerprint density at radius 2 is 2.07 bits per heavy atom. The minimum atomic E-state index is -2.28. The van der Waals surface area contributed by atoms with Crippen LogP contribution in [0.25, 0.3) is 10.6 Å². The van der Waals surface area contributed by atoms with Crippen molar-refractivity contribution in [2.24, 2.45) is 4.99 Å². The predicted octanol–water partition coefficient (Wildman–Crippen LogP) is 4.64. The lowest BCUT2D eigenvalue weighted by molar-refractivity contribution is 0.452. The second kappa shape index (κ2) is 6.68. The summed E-state index contributed by atoms with van der Waals surface area (Å²) in [5.41, 5.74) is 1.21. The number of hydrogen-bond acceptors (Lipinski definition) is 9. The Labute approximate surface area is 174 Å². The molecule has 0 radical (unpaired) electrons. The molecule has 0 bridgehead atoms. The summed E-state index contributed by atoms with van der Waals surface area (Å²) in [7, 11) is -2.28. The third kappa shape index (κ3) is 2.33. The van der Waals surface area contributed by atoms with E-state index in [0.29, 0.717) is 22.4 Å². The van der Waals surface area contributed by atoms with E-state index < -0.39 is 10.0 Å². The Kier molecular flexibility index (Phi) is 3.82. The molecule has 9 nitrogen and oxygen atoms in total. The number of thiazole rings is 1. The van der Waals surface area contributed by atoms with Crippen LogP contribution >= 0.6 is 21.4 Å². The predicted molar refractivity (Wildman–Crippen MR) is 110 cm³/mol. The first-order valence-electron chi connectivity index (χ1n) is 8.75. The monoisotopic (exact) mass is 436 g/mol. The Balaban J connectivity index is 1.78. The van der Waals surface area contributed by atoms with Crippen molar-refractivity contribution in [2.45, 2.75) is 10.1 Å². The summed E-state index contributed by atoms with van der Waals surface area (Å²) in [6.07, 6.45) is 14.7. The summed E-state index contributed by atoms with van der Waals surface area (Å²) in [5, 5.41) is 3.93. The molecule has 0 saturated heterocycles. The van der Waals surface area contributed by atoms with Gasteiger partial charge in [-0.1, -0.05) is 10.0 Å². The van der Waals surface area contributed by atoms with E-state index in [1.165, 1.54) is 24.1 Å². The zero-order valence-electron chi connectivity index (χ0n) is 15.1. The highest BCUT2D eigenvalue weighted by Gasteiger charge is 2.51. The first-order chi connectivity index (χ1) is 14.9. The average Bonchev–Trinajstić information content (AvgIpc) is 3.62. The minimum absolute atomic E-state index is 0.513. The molecule has 6 heterocycles. The van der Waals surface area contributed by atoms with Crippen LogP contribution in [-0.4, -0.2) is 30.0 Å². The Hall–Kier alpha value is -3.70. The summed E-state index contributed by atoms with van der Waals surface area (Å²) in [6, 6.07) is 1.99. The molecule has 30 heavy (non-hydrogen) atoms. The van der Waals surface area contributed by atoms with Crippen LogP contribution in [0.1, 0.15) is 16.5 Å². The molecule has 0 saturated carbocycles. The molecule has 1 aliphatic heterocycles. The maximum Gasteiger partial charge on any atom is 0.251 e. The lowest BCUT2D eigenvalue weighted by Gasteiger charge is -2.34. The molecule has 0 aromatic carbocycles. The SMILES string of the molecule is c1coc(S2(c3cc[nH]c3)C(c3nccs3)=NC(c3cnco3)=C2c2cocn2)n1. The Morgan fingerprint density at radius 3 is 2.73 bits per heavy atom. The fourth-order valence-corrected chi connectivity index (χ4v) is 8.00. The van der Waals surface area contributed by atoms with Gasteiger partial charge in [0.05, 0.1) is 17.3 Å². The maximum atomic E-state index is 5.94. The second-order valence-electron chi connectivity index (χ2n) is 6.13. The zero-order valence-corrected chi connectivity index (χ0v) is 16.8. The molecule has 0 spiro atoms. The van der Waals surface area contributed by atoms with Gasteiger partial charge in [-0.15, -0.1) is 11.3 Å². The normalized spacial score (nSPS) is 21.0. The minimum Gasteiger partial charge on any atom is -0.451 e. The summed E-state index contributed by atoms with van der Waals surface area (Å²) >= 11 is 1.50. The van der Waals surface area contributed by atoms with E-state index >= 15 is 0 Å². The summed E-state index contributed by atoms with van der Waals surface area (Å²) in [5.74, 6) is 0.513. The number of oxazole rings is 3. The van der Waals surface area contributed by atoms with Gasteiger partial charge >= 0.3 is 0 Å². The van der Waals surface area contributed by atoms with Crippen molar-refractivity contribution in [3.05, 3.63) is 84.2 Å². The van der Waals surface area contributed by atoms with Crippen LogP contribution in [0.2, 0.25) is 0 Å². The van der Waals surface area contributed by atoms with Crippen molar-refractivity contribution in [1.82, 2.24) is 24.9 Å². The fraction of sp³-hybridized carbons (Fsp3) is 0. The van der Waals surface area contributed by atoms with E-state index in [9.17, 15) is 0 Å². The number of hydrogen-bond donors (Lipinski definition) is 1. The van der Waals surface area contributed by atoms with Crippen LogP contribution < -0.4 is 0 Å². The molecule has 1 aliphatic rings. The first kappa shape index (κ1) is 17.2. The van der Waals surface area contributed by atoms with E-state index in [-0.39, 0.29) is 0 Å². The summed E-state index contributed by atoms with van der Waals surface area (Å²) in [4.78, 5) is 27.6. The van der Waals surface area contributed by atoms with Gasteiger partial charge in [-0.3, -0.25) is 0 Å². The number of nitrogens with zero attached hydrogens (tertiary/aromatic N) is 5. The van der Waals surface area contributed by atoms with Gasteiger partial charge in [-0.05, 0) is 6.07 Å². The van der Waals surface area contributed by atoms with Crippen LogP contribution in [0.5, 0.6) is 0 Å². The Morgan fingerprint density at radius 1 is 1.07 bits per heavy atom. The van der Waals surface area contributed by atoms with Crippen molar-refractivity contribution in [3.63, 3.8) is 0 Å². The Bertz CT molecular complexity index is 1290. The highest BCUT2D eigenvalue weighted by atomic mass is 32.3. The van der Waals surface area contributed by atoms with Gasteiger partial charge in [0, 0.05) is 28.9 Å². The molecule has 0 amide bonds. The lowest BCUT2D eigenvalue weighted by atomic mass is 10.3. The van der Waals surface area contributed by atoms with E-state index in [1.807, 2.05) is 23.8 Å². The van der Waals surface area contributed by atoms with Crippen LogP contribution in [-0.2, 0) is 0 Å². The number of aromatic amines is 1. The third-order valence-corrected chi connectivity index (χ3v) is 9.04. The van der Waals surface area contributed by atoms with Crippen molar-refractivity contribution >= 4 is 37.0 Å². The van der Waals surface area contributed by atoms with E-state index in [4.69, 9.17) is 18.2 Å². The van der Waals surface area contributed by atoms with Gasteiger partial charge in [-0.25, -0.2) is 24.9 Å². The molecule has 6 rings (SSSR count). The van der Waals surface area contributed by atoms with Gasteiger partial charge in [0.15, 0.2) is 18.5 Å². The molecule has 5 aromatic heterocycles. The number of aromatic nitrogens is 5. The van der Waals surface area contributed by atoms with Crippen LogP contribution in [0.15, 0.2) is 96.1 Å². The number of aliphatic imine (C=N–C) groups is 1. The fourth-order valence-electron chi connectivity index (χ4n) is 3.43. The third-order valence-electron chi connectivity index (χ3n) is 4.57.